The normalized spacial score (nSPS) is 10.5. The summed E-state index contributed by atoms with van der Waals surface area (Å²) in [4.78, 5) is 10.5. The number of nitroso groups, excluding NO2 is 1. The van der Waals surface area contributed by atoms with Crippen molar-refractivity contribution in [2.45, 2.75) is 60.9 Å². The summed E-state index contributed by atoms with van der Waals surface area (Å²) in [6.45, 7) is 36.9. The Kier molecular flexibility index (Phi) is 39.8. The van der Waals surface area contributed by atoms with Gasteiger partial charge < -0.3 is 40.8 Å². The van der Waals surface area contributed by atoms with Gasteiger partial charge in [0.1, 0.15) is 17.2 Å². The number of hydrogen-bond donors (Lipinski definition) is 0. The predicted molar refractivity (Wildman–Crippen MR) is 316 cm³/mol. The summed E-state index contributed by atoms with van der Waals surface area (Å²) in [7, 11) is -13.1. The first kappa shape index (κ1) is 79.9. The van der Waals surface area contributed by atoms with Crippen LogP contribution in [0, 0.1) is 71.2 Å². The molecule has 0 aliphatic heterocycles. The summed E-state index contributed by atoms with van der Waals surface area (Å²) in [6.07, 6.45) is 0. The van der Waals surface area contributed by atoms with Gasteiger partial charge in [0.2, 0.25) is 5.54 Å². The molecule has 0 spiro atoms. The zero-order chi connectivity index (χ0) is 60.9. The molecule has 8 rings (SSSR count). The Hall–Kier alpha value is -6.31. The van der Waals surface area contributed by atoms with Crippen molar-refractivity contribution in [3.8, 4) is 17.2 Å². The molecule has 0 N–H and O–H groups in total. The van der Waals surface area contributed by atoms with Gasteiger partial charge in [0.25, 0.3) is 0 Å². The van der Waals surface area contributed by atoms with Crippen LogP contribution in [0.25, 0.3) is 10.4 Å². The average molecular weight is 1280 g/mol. The second-order valence-corrected chi connectivity index (χ2v) is 25.0. The van der Waals surface area contributed by atoms with Gasteiger partial charge in [0.15, 0.2) is 0 Å². The van der Waals surface area contributed by atoms with Gasteiger partial charge in [-0.05, 0) is 73.5 Å². The molecule has 82 heavy (non-hydrogen) atoms. The van der Waals surface area contributed by atoms with E-state index >= 15 is 0 Å². The van der Waals surface area contributed by atoms with Crippen LogP contribution in [0.5, 0.6) is 17.2 Å². The third kappa shape index (κ3) is 35.5. The molecule has 9 nitrogen and oxygen atoms in total. The summed E-state index contributed by atoms with van der Waals surface area (Å²) in [6, 6.07) is 72.6. The molecule has 431 valence electrons. The second kappa shape index (κ2) is 40.8. The molecule has 0 aromatic heterocycles. The third-order valence-corrected chi connectivity index (χ3v) is 17.5. The summed E-state index contributed by atoms with van der Waals surface area (Å²) < 4.78 is 91.7. The zero-order valence-electron chi connectivity index (χ0n) is 46.0. The first-order valence-electron chi connectivity index (χ1n) is 23.6. The molecule has 0 saturated heterocycles. The first-order chi connectivity index (χ1) is 37.9. The molecule has 8 aromatic rings. The Bertz CT molecular complexity index is 2680. The Morgan fingerprint density at radius 2 is 0.659 bits per heavy atom. The first-order valence-corrected chi connectivity index (χ1v) is 29.8. The molecule has 0 unspecified atom stereocenters. The summed E-state index contributed by atoms with van der Waals surface area (Å²) in [5, 5.41) is 12.1. The molecule has 0 heterocycles. The van der Waals surface area contributed by atoms with Gasteiger partial charge in [-0.3, -0.25) is 0 Å². The smallest absolute Gasteiger partial charge is 0.577 e. The van der Waals surface area contributed by atoms with Crippen LogP contribution in [-0.4, -0.2) is 11.4 Å². The molecule has 0 atom stereocenters. The molecule has 21 heteroatoms. The standard InChI is InChI=1S/C25H22P2.C18H15O3P.C10H15.C5H9N.CN.2CO.F6P.2Mn.NO/c1-5-13-22(14-6-1)26(23-15-7-2-8-16-23)21-27(24-17-9-3-10-18-24)25-19-11-4-12-20-25;1-4-10-16(11-5-1)19-22(20-17-12-6-2-7-13-17)21-18-14-8-3-9-15-18;1-6-7(2)9(4)10(5)8(6)3;1-5(2,3)6-4;3*1-2;1-7(2,3,4,5)6;;;1-2/h1-20H,21H2;1-15H;1-5H3;1-3H3;;;;;;;/q;;-1;;-1;;;-1;+2;+3;-1. The van der Waals surface area contributed by atoms with Gasteiger partial charge >= 0.3 is 98.3 Å². The van der Waals surface area contributed by atoms with E-state index in [1.54, 1.807) is 0 Å². The van der Waals surface area contributed by atoms with Crippen LogP contribution in [0.4, 0.5) is 25.2 Å². The monoisotopic (exact) mass is 1280 g/mol. The van der Waals surface area contributed by atoms with E-state index in [1.807, 2.05) is 112 Å². The number of para-hydroxylation sites is 3. The molecule has 0 aliphatic carbocycles. The fraction of sp³-hybridized carbons (Fsp3) is 0.164. The topological polar surface area (TPSA) is 135 Å². The van der Waals surface area contributed by atoms with Crippen LogP contribution < -0.4 is 34.8 Å². The fourth-order valence-corrected chi connectivity index (χ4v) is 13.8. The van der Waals surface area contributed by atoms with E-state index in [1.165, 1.54) is 54.9 Å². The van der Waals surface area contributed by atoms with E-state index < -0.39 is 32.3 Å². The molecule has 0 fully saturated rings. The molecular weight excluding hydrogens is 1220 g/mol. The minimum absolute atomic E-state index is 0. The van der Waals surface area contributed by atoms with Gasteiger partial charge in [-0.25, -0.2) is 6.57 Å². The van der Waals surface area contributed by atoms with Gasteiger partial charge in [-0.2, -0.15) is 27.8 Å². The fourth-order valence-electron chi connectivity index (χ4n) is 6.36. The van der Waals surface area contributed by atoms with Crippen molar-refractivity contribution in [2.24, 2.45) is 0 Å². The molecular formula is C61H61F6Mn2N3O6P4+. The molecule has 8 aromatic carbocycles. The number of nitrogens with zero attached hydrogens (tertiary/aromatic N) is 3. The van der Waals surface area contributed by atoms with Crippen LogP contribution in [0.3, 0.4) is 0 Å². The van der Waals surface area contributed by atoms with Crippen LogP contribution in [-0.2, 0) is 43.4 Å². The van der Waals surface area contributed by atoms with Gasteiger partial charge in [0.05, 0.1) is 0 Å². The average Bonchev–Trinajstić information content (AvgIpc) is 3.63. The van der Waals surface area contributed by atoms with Crippen molar-refractivity contribution in [2.75, 3.05) is 5.90 Å². The van der Waals surface area contributed by atoms with E-state index in [0.717, 1.165) is 0 Å². The number of hydrogen-bond acceptors (Lipinski definition) is 5. The van der Waals surface area contributed by atoms with Crippen LogP contribution in [0.1, 0.15) is 48.6 Å². The van der Waals surface area contributed by atoms with Gasteiger partial charge in [0, 0.05) is 26.7 Å². The Morgan fingerprint density at radius 3 is 0.805 bits per heavy atom. The maximum Gasteiger partial charge on any atom is 3.00 e. The van der Waals surface area contributed by atoms with E-state index in [0.29, 0.717) is 17.2 Å². The SMILES string of the molecule is Cc1c(C)c(C)[c-](C)c1C.F[P-](F)(F)(F)(F)F.[C-]#N.[C-]#[N+]C(C)(C)C.[C-]#[O+].[C-]#[O+].[Mn+2].[Mn+3].[N-]=O.c1ccc(OP(Oc2ccccc2)Oc2ccccc2)cc1.c1ccc(P(CP(c2ccccc2)c2ccccc2)c2ccccc2)cc1. The molecule has 1 radical (unpaired) electrons. The minimum atomic E-state index is -10.7. The van der Waals surface area contributed by atoms with Crippen LogP contribution >= 0.6 is 32.3 Å². The Balaban J connectivity index is -0.00000101. The maximum atomic E-state index is 9.87. The number of halogens is 6. The molecule has 0 saturated carbocycles. The van der Waals surface area contributed by atoms with Gasteiger partial charge in [-0.1, -0.05) is 211 Å². The van der Waals surface area contributed by atoms with Crippen molar-refractivity contribution < 1.29 is 82.2 Å². The van der Waals surface area contributed by atoms with Crippen LogP contribution in [0.2, 0.25) is 0 Å². The van der Waals surface area contributed by atoms with Crippen molar-refractivity contribution in [3.63, 3.8) is 0 Å². The third-order valence-electron chi connectivity index (χ3n) is 10.5. The van der Waals surface area contributed by atoms with E-state index in [2.05, 4.69) is 174 Å². The predicted octanol–water partition coefficient (Wildman–Crippen LogP) is 19.0. The minimum Gasteiger partial charge on any atom is -0.577 e. The summed E-state index contributed by atoms with van der Waals surface area (Å²) >= 11 is 0. The molecule has 0 bridgehead atoms. The zero-order valence-corrected chi connectivity index (χ0v) is 52.0. The van der Waals surface area contributed by atoms with E-state index in [9.17, 15) is 25.2 Å². The van der Waals surface area contributed by atoms with Gasteiger partial charge in [-0.15, -0.1) is 0 Å². The van der Waals surface area contributed by atoms with Crippen LogP contribution in [0.15, 0.2) is 212 Å². The summed E-state index contributed by atoms with van der Waals surface area (Å²) in [5.41, 5.74) is 12.9. The van der Waals surface area contributed by atoms with Crippen molar-refractivity contribution in [3.05, 3.63) is 282 Å². The van der Waals surface area contributed by atoms with Crippen molar-refractivity contribution >= 4 is 53.5 Å². The molecule has 0 amide bonds. The number of benzene rings is 7. The Labute approximate surface area is 503 Å². The van der Waals surface area contributed by atoms with Crippen molar-refractivity contribution in [1.82, 2.24) is 0 Å². The van der Waals surface area contributed by atoms with Crippen molar-refractivity contribution in [1.29, 1.82) is 5.26 Å². The Morgan fingerprint density at radius 1 is 0.488 bits per heavy atom. The van der Waals surface area contributed by atoms with E-state index in [-0.39, 0.29) is 39.7 Å². The summed E-state index contributed by atoms with van der Waals surface area (Å²) in [5.74, 6) is 3.30. The second-order valence-electron chi connectivity index (χ2n) is 17.1. The maximum absolute atomic E-state index is 10.7. The quantitative estimate of drug-likeness (QED) is 0.0395. The molecule has 0 aliphatic rings. The van der Waals surface area contributed by atoms with E-state index in [4.69, 9.17) is 51.8 Å². The largest absolute Gasteiger partial charge is 3.00 e. The number of rotatable bonds is 12.